The van der Waals surface area contributed by atoms with Crippen molar-refractivity contribution in [2.45, 2.75) is 6.10 Å². The van der Waals surface area contributed by atoms with Gasteiger partial charge in [-0.05, 0) is 24.3 Å². The Kier molecular flexibility index (Phi) is 4.70. The van der Waals surface area contributed by atoms with E-state index in [4.69, 9.17) is 32.7 Å². The van der Waals surface area contributed by atoms with E-state index >= 15 is 0 Å². The monoisotopic (exact) mass is 313 g/mol. The molecule has 1 heterocycles. The number of methoxy groups -OCH3 is 2. The summed E-state index contributed by atoms with van der Waals surface area (Å²) in [5.41, 5.74) is 0.825. The third kappa shape index (κ3) is 2.98. The maximum absolute atomic E-state index is 10.5. The van der Waals surface area contributed by atoms with Gasteiger partial charge in [0.2, 0.25) is 0 Å². The van der Waals surface area contributed by atoms with Crippen LogP contribution in [0.1, 0.15) is 17.4 Å². The predicted molar refractivity (Wildman–Crippen MR) is 77.9 cm³/mol. The van der Waals surface area contributed by atoms with Crippen LogP contribution in [0.5, 0.6) is 11.5 Å². The Morgan fingerprint density at radius 3 is 2.50 bits per heavy atom. The van der Waals surface area contributed by atoms with E-state index in [9.17, 15) is 5.11 Å². The van der Waals surface area contributed by atoms with Crippen LogP contribution in [0.2, 0.25) is 10.0 Å². The Bertz CT molecular complexity index is 619. The number of pyridine rings is 1. The fraction of sp³-hybridized carbons (Fsp3) is 0.214. The van der Waals surface area contributed by atoms with E-state index < -0.39 is 6.10 Å². The lowest BCUT2D eigenvalue weighted by Gasteiger charge is -2.16. The summed E-state index contributed by atoms with van der Waals surface area (Å²) < 4.78 is 10.4. The van der Waals surface area contributed by atoms with Crippen molar-refractivity contribution in [3.8, 4) is 11.5 Å². The van der Waals surface area contributed by atoms with Gasteiger partial charge < -0.3 is 14.6 Å². The number of benzene rings is 1. The normalized spacial score (nSPS) is 12.1. The molecular formula is C14H13Cl2NO3. The van der Waals surface area contributed by atoms with Crippen LogP contribution in [0.4, 0.5) is 0 Å². The number of hydrogen-bond acceptors (Lipinski definition) is 4. The standard InChI is InChI=1S/C14H13Cl2NO3/c1-19-9-3-4-12(20-2)10(6-9)14(18)13-11(16)5-8(15)7-17-13/h3-7,14,18H,1-2H3. The van der Waals surface area contributed by atoms with Crippen molar-refractivity contribution in [2.75, 3.05) is 14.2 Å². The molecule has 2 rings (SSSR count). The average Bonchev–Trinajstić information content (AvgIpc) is 2.46. The SMILES string of the molecule is COc1ccc(OC)c(C(O)c2ncc(Cl)cc2Cl)c1. The summed E-state index contributed by atoms with van der Waals surface area (Å²) in [6.07, 6.45) is 0.392. The lowest BCUT2D eigenvalue weighted by Crippen LogP contribution is -2.05. The molecule has 0 spiro atoms. The van der Waals surface area contributed by atoms with Crippen molar-refractivity contribution in [1.29, 1.82) is 0 Å². The van der Waals surface area contributed by atoms with Crippen molar-refractivity contribution < 1.29 is 14.6 Å². The van der Waals surface area contributed by atoms with Crippen LogP contribution in [0.25, 0.3) is 0 Å². The zero-order valence-corrected chi connectivity index (χ0v) is 12.4. The first kappa shape index (κ1) is 14.9. The minimum Gasteiger partial charge on any atom is -0.497 e. The molecule has 0 fully saturated rings. The van der Waals surface area contributed by atoms with Crippen molar-refractivity contribution in [1.82, 2.24) is 4.98 Å². The lowest BCUT2D eigenvalue weighted by atomic mass is 10.0. The van der Waals surface area contributed by atoms with Crippen LogP contribution in [0.15, 0.2) is 30.5 Å². The van der Waals surface area contributed by atoms with Gasteiger partial charge in [-0.1, -0.05) is 23.2 Å². The first-order valence-corrected chi connectivity index (χ1v) is 6.53. The minimum atomic E-state index is -1.04. The molecule has 2 aromatic rings. The van der Waals surface area contributed by atoms with Crippen molar-refractivity contribution >= 4 is 23.2 Å². The molecular weight excluding hydrogens is 301 g/mol. The van der Waals surface area contributed by atoms with Crippen LogP contribution in [-0.2, 0) is 0 Å². The molecule has 6 heteroatoms. The van der Waals surface area contributed by atoms with E-state index in [1.165, 1.54) is 19.4 Å². The van der Waals surface area contributed by atoms with Crippen molar-refractivity contribution in [3.05, 3.63) is 51.8 Å². The molecule has 0 radical (unpaired) electrons. The molecule has 4 nitrogen and oxygen atoms in total. The van der Waals surface area contributed by atoms with Crippen LogP contribution in [0.3, 0.4) is 0 Å². The molecule has 0 aliphatic carbocycles. The molecule has 1 aromatic carbocycles. The third-order valence-electron chi connectivity index (χ3n) is 2.83. The van der Waals surface area contributed by atoms with Gasteiger partial charge in [0, 0.05) is 11.8 Å². The van der Waals surface area contributed by atoms with Gasteiger partial charge >= 0.3 is 0 Å². The Balaban J connectivity index is 2.48. The molecule has 20 heavy (non-hydrogen) atoms. The summed E-state index contributed by atoms with van der Waals surface area (Å²) in [4.78, 5) is 4.07. The van der Waals surface area contributed by atoms with Gasteiger partial charge in [-0.25, -0.2) is 0 Å². The van der Waals surface area contributed by atoms with Gasteiger partial charge in [0.1, 0.15) is 17.6 Å². The smallest absolute Gasteiger partial charge is 0.126 e. The van der Waals surface area contributed by atoms with Crippen LogP contribution < -0.4 is 9.47 Å². The molecule has 0 saturated carbocycles. The quantitative estimate of drug-likeness (QED) is 0.938. The Hall–Kier alpha value is -1.49. The summed E-state index contributed by atoms with van der Waals surface area (Å²) in [6.45, 7) is 0. The van der Waals surface area contributed by atoms with E-state index in [0.29, 0.717) is 27.8 Å². The largest absolute Gasteiger partial charge is 0.497 e. The molecule has 1 N–H and O–H groups in total. The highest BCUT2D eigenvalue weighted by Crippen LogP contribution is 2.35. The predicted octanol–water partition coefficient (Wildman–Crippen LogP) is 3.49. The Morgan fingerprint density at radius 1 is 1.15 bits per heavy atom. The number of halogens is 2. The van der Waals surface area contributed by atoms with Gasteiger partial charge in [-0.2, -0.15) is 0 Å². The number of nitrogens with zero attached hydrogens (tertiary/aromatic N) is 1. The van der Waals surface area contributed by atoms with Gasteiger partial charge in [0.15, 0.2) is 0 Å². The molecule has 0 aliphatic heterocycles. The number of aromatic nitrogens is 1. The second kappa shape index (κ2) is 6.31. The summed E-state index contributed by atoms with van der Waals surface area (Å²) in [6, 6.07) is 6.66. The molecule has 0 saturated heterocycles. The summed E-state index contributed by atoms with van der Waals surface area (Å²) in [7, 11) is 3.07. The van der Waals surface area contributed by atoms with Crippen molar-refractivity contribution in [3.63, 3.8) is 0 Å². The van der Waals surface area contributed by atoms with Gasteiger partial charge in [0.05, 0.1) is 30.0 Å². The van der Waals surface area contributed by atoms with E-state index in [1.54, 1.807) is 25.3 Å². The Labute approximate surface area is 126 Å². The van der Waals surface area contributed by atoms with Crippen molar-refractivity contribution in [2.24, 2.45) is 0 Å². The maximum atomic E-state index is 10.5. The second-order valence-corrected chi connectivity index (χ2v) is 4.87. The molecule has 1 unspecified atom stereocenters. The first-order valence-electron chi connectivity index (χ1n) is 5.77. The van der Waals surface area contributed by atoms with Crippen LogP contribution in [-0.4, -0.2) is 24.3 Å². The highest BCUT2D eigenvalue weighted by atomic mass is 35.5. The number of hydrogen-bond donors (Lipinski definition) is 1. The number of aliphatic hydroxyl groups excluding tert-OH is 1. The van der Waals surface area contributed by atoms with Crippen LogP contribution in [0, 0.1) is 0 Å². The zero-order chi connectivity index (χ0) is 14.7. The van der Waals surface area contributed by atoms with Gasteiger partial charge in [-0.3, -0.25) is 4.98 Å². The minimum absolute atomic E-state index is 0.287. The Morgan fingerprint density at radius 2 is 1.90 bits per heavy atom. The number of ether oxygens (including phenoxy) is 2. The van der Waals surface area contributed by atoms with E-state index in [0.717, 1.165) is 0 Å². The molecule has 0 amide bonds. The highest BCUT2D eigenvalue weighted by molar-refractivity contribution is 6.34. The average molecular weight is 314 g/mol. The molecule has 0 aliphatic rings. The molecule has 106 valence electrons. The fourth-order valence-electron chi connectivity index (χ4n) is 1.83. The van der Waals surface area contributed by atoms with E-state index in [1.807, 2.05) is 0 Å². The molecule has 1 atom stereocenters. The number of rotatable bonds is 4. The topological polar surface area (TPSA) is 51.6 Å². The van der Waals surface area contributed by atoms with Gasteiger partial charge in [-0.15, -0.1) is 0 Å². The lowest BCUT2D eigenvalue weighted by molar-refractivity contribution is 0.209. The fourth-order valence-corrected chi connectivity index (χ4v) is 2.31. The first-order chi connectivity index (χ1) is 9.56. The second-order valence-electron chi connectivity index (χ2n) is 4.03. The summed E-state index contributed by atoms with van der Waals surface area (Å²) in [5, 5.41) is 11.2. The summed E-state index contributed by atoms with van der Waals surface area (Å²) >= 11 is 11.9. The number of aliphatic hydroxyl groups is 1. The highest BCUT2D eigenvalue weighted by Gasteiger charge is 2.20. The maximum Gasteiger partial charge on any atom is 0.126 e. The zero-order valence-electron chi connectivity index (χ0n) is 10.9. The molecule has 0 bridgehead atoms. The van der Waals surface area contributed by atoms with Gasteiger partial charge in [0.25, 0.3) is 0 Å². The molecule has 1 aromatic heterocycles. The van der Waals surface area contributed by atoms with Crippen LogP contribution >= 0.6 is 23.2 Å². The third-order valence-corrected chi connectivity index (χ3v) is 3.34. The van der Waals surface area contributed by atoms with E-state index in [2.05, 4.69) is 4.98 Å². The summed E-state index contributed by atoms with van der Waals surface area (Å²) in [5.74, 6) is 1.12. The van der Waals surface area contributed by atoms with E-state index in [-0.39, 0.29) is 5.02 Å².